The smallest absolute Gasteiger partial charge is 0.249 e. The molecule has 1 heterocycles. The quantitative estimate of drug-likeness (QED) is 0.744. The highest BCUT2D eigenvalue weighted by molar-refractivity contribution is 5.88. The Labute approximate surface area is 179 Å². The fraction of sp³-hybridized carbons (Fsp3) is 0.920. The van der Waals surface area contributed by atoms with Crippen LogP contribution in [0.4, 0.5) is 0 Å². The van der Waals surface area contributed by atoms with E-state index in [-0.39, 0.29) is 22.9 Å². The SMILES string of the molecule is O=C(NC12CC3CC(CC(C3)C1)C2)C1CC(C(=O)NC23CC4CC(CC(C4)C2)C3)O1. The van der Waals surface area contributed by atoms with Gasteiger partial charge in [-0.25, -0.2) is 0 Å². The van der Waals surface area contributed by atoms with Crippen molar-refractivity contribution in [2.75, 3.05) is 0 Å². The van der Waals surface area contributed by atoms with Gasteiger partial charge in [-0.15, -0.1) is 0 Å². The van der Waals surface area contributed by atoms with Gasteiger partial charge in [-0.05, 0) is 113 Å². The van der Waals surface area contributed by atoms with Gasteiger partial charge in [0.25, 0.3) is 0 Å². The molecule has 9 rings (SSSR count). The Bertz CT molecular complexity index is 638. The van der Waals surface area contributed by atoms with Gasteiger partial charge in [-0.1, -0.05) is 0 Å². The largest absolute Gasteiger partial charge is 0.355 e. The Hall–Kier alpha value is -1.10. The first kappa shape index (κ1) is 18.5. The molecule has 0 spiro atoms. The van der Waals surface area contributed by atoms with Crippen LogP contribution in [-0.2, 0) is 14.3 Å². The maximum atomic E-state index is 12.9. The molecule has 2 unspecified atom stereocenters. The zero-order valence-corrected chi connectivity index (χ0v) is 18.0. The lowest BCUT2D eigenvalue weighted by Crippen LogP contribution is -2.65. The van der Waals surface area contributed by atoms with Crippen molar-refractivity contribution in [1.82, 2.24) is 10.6 Å². The third-order valence-electron chi connectivity index (χ3n) is 10.2. The van der Waals surface area contributed by atoms with E-state index in [1.807, 2.05) is 0 Å². The molecule has 1 aliphatic heterocycles. The van der Waals surface area contributed by atoms with Crippen LogP contribution in [0.3, 0.4) is 0 Å². The highest BCUT2D eigenvalue weighted by Crippen LogP contribution is 2.57. The first-order valence-corrected chi connectivity index (χ1v) is 12.7. The maximum absolute atomic E-state index is 12.9. The van der Waals surface area contributed by atoms with Crippen molar-refractivity contribution >= 4 is 11.8 Å². The second-order valence-electron chi connectivity index (χ2n) is 12.7. The standard InChI is InChI=1S/C25H36N2O3/c28-22(26-24-8-14-1-15(9-24)3-16(2-14)10-24)20-7-21(30-20)23(29)27-25-11-17-4-18(12-25)6-19(5-17)13-25/h14-21H,1-13H2,(H,26,28)(H,27,29). The fourth-order valence-corrected chi connectivity index (χ4v) is 9.93. The zero-order chi connectivity index (χ0) is 20.1. The van der Waals surface area contributed by atoms with Crippen LogP contribution in [0.25, 0.3) is 0 Å². The van der Waals surface area contributed by atoms with E-state index in [0.29, 0.717) is 6.42 Å². The first-order valence-electron chi connectivity index (χ1n) is 12.7. The van der Waals surface area contributed by atoms with Crippen molar-refractivity contribution in [1.29, 1.82) is 0 Å². The van der Waals surface area contributed by atoms with Gasteiger partial charge in [0.15, 0.2) is 0 Å². The minimum atomic E-state index is -0.426. The van der Waals surface area contributed by atoms with Crippen LogP contribution >= 0.6 is 0 Å². The molecule has 2 atom stereocenters. The monoisotopic (exact) mass is 412 g/mol. The van der Waals surface area contributed by atoms with Gasteiger partial charge < -0.3 is 15.4 Å². The minimum Gasteiger partial charge on any atom is -0.355 e. The van der Waals surface area contributed by atoms with Crippen LogP contribution < -0.4 is 10.6 Å². The number of ether oxygens (including phenoxy) is 1. The summed E-state index contributed by atoms with van der Waals surface area (Å²) in [4.78, 5) is 25.8. The lowest BCUT2D eigenvalue weighted by atomic mass is 9.53. The number of rotatable bonds is 4. The van der Waals surface area contributed by atoms with Crippen LogP contribution in [0.2, 0.25) is 0 Å². The molecule has 5 heteroatoms. The zero-order valence-electron chi connectivity index (χ0n) is 18.0. The van der Waals surface area contributed by atoms with Crippen LogP contribution in [0.5, 0.6) is 0 Å². The summed E-state index contributed by atoms with van der Waals surface area (Å²) in [5.74, 6) is 4.98. The lowest BCUT2D eigenvalue weighted by molar-refractivity contribution is -0.177. The number of nitrogens with one attached hydrogen (secondary N) is 2. The molecule has 8 aliphatic carbocycles. The highest BCUT2D eigenvalue weighted by atomic mass is 16.5. The average Bonchev–Trinajstić information content (AvgIpc) is 2.56. The summed E-state index contributed by atoms with van der Waals surface area (Å²) in [6, 6.07) is 0. The fourth-order valence-electron chi connectivity index (χ4n) is 9.93. The Balaban J connectivity index is 0.948. The van der Waals surface area contributed by atoms with E-state index in [1.165, 1.54) is 38.5 Å². The van der Waals surface area contributed by atoms with Crippen molar-refractivity contribution in [3.05, 3.63) is 0 Å². The molecule has 5 nitrogen and oxygen atoms in total. The predicted octanol–water partition coefficient (Wildman–Crippen LogP) is 3.31. The van der Waals surface area contributed by atoms with Crippen molar-refractivity contribution in [3.8, 4) is 0 Å². The third-order valence-corrected chi connectivity index (χ3v) is 10.2. The molecule has 2 N–H and O–H groups in total. The van der Waals surface area contributed by atoms with E-state index in [0.717, 1.165) is 74.0 Å². The van der Waals surface area contributed by atoms with E-state index in [9.17, 15) is 9.59 Å². The molecule has 164 valence electrons. The molecule has 8 saturated carbocycles. The third kappa shape index (κ3) is 2.90. The molecular weight excluding hydrogens is 376 g/mol. The Morgan fingerprint density at radius 1 is 0.533 bits per heavy atom. The number of carbonyl (C=O) groups is 2. The average molecular weight is 413 g/mol. The molecule has 8 bridgehead atoms. The Kier molecular flexibility index (Phi) is 3.84. The lowest BCUT2D eigenvalue weighted by Gasteiger charge is -2.57. The van der Waals surface area contributed by atoms with Crippen molar-refractivity contribution < 1.29 is 14.3 Å². The molecule has 1 saturated heterocycles. The number of hydrogen-bond donors (Lipinski definition) is 2. The van der Waals surface area contributed by atoms with E-state index in [1.54, 1.807) is 0 Å². The normalized spacial score (nSPS) is 54.7. The second kappa shape index (κ2) is 6.24. The molecule has 0 aromatic rings. The topological polar surface area (TPSA) is 67.4 Å². The summed E-state index contributed by atoms with van der Waals surface area (Å²) >= 11 is 0. The molecule has 9 aliphatic rings. The van der Waals surface area contributed by atoms with Crippen molar-refractivity contribution in [2.24, 2.45) is 35.5 Å². The van der Waals surface area contributed by atoms with E-state index >= 15 is 0 Å². The molecule has 30 heavy (non-hydrogen) atoms. The number of carbonyl (C=O) groups excluding carboxylic acids is 2. The Morgan fingerprint density at radius 3 is 1.07 bits per heavy atom. The van der Waals surface area contributed by atoms with E-state index in [4.69, 9.17) is 4.74 Å². The molecular formula is C25H36N2O3. The number of amides is 2. The molecule has 0 aromatic heterocycles. The van der Waals surface area contributed by atoms with E-state index < -0.39 is 12.2 Å². The van der Waals surface area contributed by atoms with Gasteiger partial charge in [0.1, 0.15) is 12.2 Å². The minimum absolute atomic E-state index is 0.0295. The second-order valence-corrected chi connectivity index (χ2v) is 12.7. The van der Waals surface area contributed by atoms with Crippen molar-refractivity contribution in [3.63, 3.8) is 0 Å². The first-order chi connectivity index (χ1) is 14.4. The summed E-state index contributed by atoms with van der Waals surface area (Å²) in [6.45, 7) is 0. The molecule has 0 radical (unpaired) electrons. The van der Waals surface area contributed by atoms with Crippen LogP contribution in [0, 0.1) is 35.5 Å². The van der Waals surface area contributed by atoms with Crippen LogP contribution in [0.1, 0.15) is 83.5 Å². The van der Waals surface area contributed by atoms with Crippen LogP contribution in [-0.4, -0.2) is 35.1 Å². The van der Waals surface area contributed by atoms with Gasteiger partial charge in [0, 0.05) is 17.5 Å². The van der Waals surface area contributed by atoms with Gasteiger partial charge in [-0.2, -0.15) is 0 Å². The van der Waals surface area contributed by atoms with Crippen molar-refractivity contribution in [2.45, 2.75) is 107 Å². The summed E-state index contributed by atoms with van der Waals surface area (Å²) < 4.78 is 5.87. The predicted molar refractivity (Wildman–Crippen MR) is 111 cm³/mol. The molecule has 9 fully saturated rings. The van der Waals surface area contributed by atoms with E-state index in [2.05, 4.69) is 10.6 Å². The summed E-state index contributed by atoms with van der Waals surface area (Å²) in [5, 5.41) is 6.83. The van der Waals surface area contributed by atoms with Crippen LogP contribution in [0.15, 0.2) is 0 Å². The Morgan fingerprint density at radius 2 is 0.800 bits per heavy atom. The molecule has 2 amide bonds. The summed E-state index contributed by atoms with van der Waals surface area (Å²) in [5.41, 5.74) is 0.0590. The van der Waals surface area contributed by atoms with Gasteiger partial charge in [0.05, 0.1) is 0 Å². The maximum Gasteiger partial charge on any atom is 0.249 e. The van der Waals surface area contributed by atoms with Gasteiger partial charge >= 0.3 is 0 Å². The number of hydrogen-bond acceptors (Lipinski definition) is 3. The summed E-state index contributed by atoms with van der Waals surface area (Å²) in [7, 11) is 0. The van der Waals surface area contributed by atoms with Gasteiger partial charge in [0.2, 0.25) is 11.8 Å². The van der Waals surface area contributed by atoms with Gasteiger partial charge in [-0.3, -0.25) is 9.59 Å². The highest BCUT2D eigenvalue weighted by Gasteiger charge is 2.55. The summed E-state index contributed by atoms with van der Waals surface area (Å²) in [6.07, 6.45) is 14.9. The molecule has 0 aromatic carbocycles.